The second-order valence-electron chi connectivity index (χ2n) is 7.05. The predicted octanol–water partition coefficient (Wildman–Crippen LogP) is 5.29. The second kappa shape index (κ2) is 9.70. The molecule has 0 N–H and O–H groups in total. The molecule has 0 bridgehead atoms. The van der Waals surface area contributed by atoms with Crippen LogP contribution in [0.15, 0.2) is 77.7 Å². The molecule has 0 radical (unpaired) electrons. The van der Waals surface area contributed by atoms with Gasteiger partial charge in [-0.15, -0.1) is 0 Å². The van der Waals surface area contributed by atoms with Gasteiger partial charge >= 0.3 is 5.97 Å². The second-order valence-corrected chi connectivity index (χ2v) is 8.04. The molecule has 166 valence electrons. The maximum atomic E-state index is 13.9. The first-order valence-electron chi connectivity index (χ1n) is 9.89. The van der Waals surface area contributed by atoms with E-state index in [1.54, 1.807) is 60.7 Å². The number of imide groups is 1. The van der Waals surface area contributed by atoms with Gasteiger partial charge in [-0.1, -0.05) is 30.3 Å². The van der Waals surface area contributed by atoms with E-state index in [9.17, 15) is 18.8 Å². The number of esters is 1. The van der Waals surface area contributed by atoms with Crippen LogP contribution < -0.4 is 9.47 Å². The molecule has 0 spiro atoms. The molecule has 1 aliphatic rings. The SMILES string of the molecule is COc1ccc(C(=O)Oc2cccc(/C=C3\SC(=O)N(Cc4ccccc4F)C3=O)c2)cc1. The Hall–Kier alpha value is -3.91. The summed E-state index contributed by atoms with van der Waals surface area (Å²) >= 11 is 0.778. The summed E-state index contributed by atoms with van der Waals surface area (Å²) in [4.78, 5) is 38.7. The summed E-state index contributed by atoms with van der Waals surface area (Å²) in [6, 6.07) is 19.1. The Bertz CT molecular complexity index is 1260. The van der Waals surface area contributed by atoms with E-state index in [1.165, 1.54) is 25.3 Å². The van der Waals surface area contributed by atoms with E-state index < -0.39 is 22.9 Å². The van der Waals surface area contributed by atoms with Crippen molar-refractivity contribution in [1.82, 2.24) is 4.90 Å². The molecule has 3 aromatic rings. The number of benzene rings is 3. The van der Waals surface area contributed by atoms with Gasteiger partial charge in [0.1, 0.15) is 17.3 Å². The summed E-state index contributed by atoms with van der Waals surface area (Å²) in [5.41, 5.74) is 1.19. The molecule has 1 aliphatic heterocycles. The molecule has 0 aliphatic carbocycles. The summed E-state index contributed by atoms with van der Waals surface area (Å²) in [6.45, 7) is -0.145. The summed E-state index contributed by atoms with van der Waals surface area (Å²) < 4.78 is 24.4. The topological polar surface area (TPSA) is 72.9 Å². The van der Waals surface area contributed by atoms with Crippen molar-refractivity contribution < 1.29 is 28.2 Å². The predicted molar refractivity (Wildman–Crippen MR) is 122 cm³/mol. The average Bonchev–Trinajstić information content (AvgIpc) is 3.08. The third-order valence-electron chi connectivity index (χ3n) is 4.85. The van der Waals surface area contributed by atoms with Gasteiger partial charge in [0.15, 0.2) is 0 Å². The van der Waals surface area contributed by atoms with Crippen molar-refractivity contribution in [2.45, 2.75) is 6.54 Å². The van der Waals surface area contributed by atoms with Gasteiger partial charge in [0.05, 0.1) is 24.1 Å². The van der Waals surface area contributed by atoms with Crippen LogP contribution in [0.2, 0.25) is 0 Å². The quantitative estimate of drug-likeness (QED) is 0.281. The lowest BCUT2D eigenvalue weighted by Crippen LogP contribution is -2.27. The molecule has 2 amide bonds. The number of ether oxygens (including phenoxy) is 2. The largest absolute Gasteiger partial charge is 0.497 e. The van der Waals surface area contributed by atoms with E-state index in [2.05, 4.69) is 0 Å². The zero-order valence-corrected chi connectivity index (χ0v) is 18.3. The number of halogens is 1. The Balaban J connectivity index is 1.48. The minimum Gasteiger partial charge on any atom is -0.497 e. The van der Waals surface area contributed by atoms with Crippen molar-refractivity contribution in [3.8, 4) is 11.5 Å². The van der Waals surface area contributed by atoms with Gasteiger partial charge in [-0.05, 0) is 65.9 Å². The van der Waals surface area contributed by atoms with Gasteiger partial charge in [-0.2, -0.15) is 0 Å². The smallest absolute Gasteiger partial charge is 0.343 e. The van der Waals surface area contributed by atoms with Gasteiger partial charge in [0.25, 0.3) is 11.1 Å². The van der Waals surface area contributed by atoms with Crippen LogP contribution in [0.1, 0.15) is 21.5 Å². The lowest BCUT2D eigenvalue weighted by atomic mass is 10.2. The maximum absolute atomic E-state index is 13.9. The van der Waals surface area contributed by atoms with Crippen molar-refractivity contribution in [2.75, 3.05) is 7.11 Å². The van der Waals surface area contributed by atoms with Crippen LogP contribution in [0.4, 0.5) is 9.18 Å². The molecule has 8 heteroatoms. The molecule has 1 heterocycles. The first kappa shape index (κ1) is 22.3. The molecule has 0 aromatic heterocycles. The van der Waals surface area contributed by atoms with Gasteiger partial charge in [0.2, 0.25) is 0 Å². The van der Waals surface area contributed by atoms with Crippen molar-refractivity contribution in [3.05, 3.63) is 100 Å². The Morgan fingerprint density at radius 3 is 2.48 bits per heavy atom. The van der Waals surface area contributed by atoms with E-state index >= 15 is 0 Å². The van der Waals surface area contributed by atoms with Crippen molar-refractivity contribution in [1.29, 1.82) is 0 Å². The van der Waals surface area contributed by atoms with E-state index in [1.807, 2.05) is 0 Å². The lowest BCUT2D eigenvalue weighted by Gasteiger charge is -2.12. The van der Waals surface area contributed by atoms with Gasteiger partial charge in [-0.25, -0.2) is 9.18 Å². The Kier molecular flexibility index (Phi) is 6.55. The number of carbonyl (C=O) groups excluding carboxylic acids is 3. The van der Waals surface area contributed by atoms with E-state index in [0.29, 0.717) is 16.9 Å². The Morgan fingerprint density at radius 1 is 1.00 bits per heavy atom. The van der Waals surface area contributed by atoms with Gasteiger partial charge in [-0.3, -0.25) is 14.5 Å². The van der Waals surface area contributed by atoms with E-state index in [-0.39, 0.29) is 22.8 Å². The molecule has 33 heavy (non-hydrogen) atoms. The monoisotopic (exact) mass is 463 g/mol. The van der Waals surface area contributed by atoms with Crippen LogP contribution in [0.5, 0.6) is 11.5 Å². The highest BCUT2D eigenvalue weighted by molar-refractivity contribution is 8.18. The number of hydrogen-bond acceptors (Lipinski definition) is 6. The number of rotatable bonds is 6. The molecule has 1 saturated heterocycles. The highest BCUT2D eigenvalue weighted by Crippen LogP contribution is 2.34. The summed E-state index contributed by atoms with van der Waals surface area (Å²) in [5.74, 6) is -0.617. The average molecular weight is 463 g/mol. The number of amides is 2. The van der Waals surface area contributed by atoms with Crippen LogP contribution in [-0.2, 0) is 11.3 Å². The fraction of sp³-hybridized carbons (Fsp3) is 0.0800. The summed E-state index contributed by atoms with van der Waals surface area (Å²) in [6.07, 6.45) is 1.54. The van der Waals surface area contributed by atoms with Gasteiger partial charge < -0.3 is 9.47 Å². The van der Waals surface area contributed by atoms with E-state index in [4.69, 9.17) is 9.47 Å². The van der Waals surface area contributed by atoms with Crippen LogP contribution in [0.25, 0.3) is 6.08 Å². The Labute approximate surface area is 193 Å². The molecule has 3 aromatic carbocycles. The van der Waals surface area contributed by atoms with Crippen molar-refractivity contribution in [3.63, 3.8) is 0 Å². The lowest BCUT2D eigenvalue weighted by molar-refractivity contribution is -0.123. The minimum absolute atomic E-state index is 0.145. The first-order chi connectivity index (χ1) is 15.9. The van der Waals surface area contributed by atoms with E-state index in [0.717, 1.165) is 16.7 Å². The van der Waals surface area contributed by atoms with Crippen LogP contribution in [0, 0.1) is 5.82 Å². The molecule has 0 atom stereocenters. The zero-order chi connectivity index (χ0) is 23.4. The third-order valence-corrected chi connectivity index (χ3v) is 5.76. The number of methoxy groups -OCH3 is 1. The summed E-state index contributed by atoms with van der Waals surface area (Å²) in [7, 11) is 1.54. The summed E-state index contributed by atoms with van der Waals surface area (Å²) in [5, 5.41) is -0.475. The molecule has 4 rings (SSSR count). The normalized spacial score (nSPS) is 14.6. The Morgan fingerprint density at radius 2 is 1.76 bits per heavy atom. The molecule has 0 unspecified atom stereocenters. The fourth-order valence-corrected chi connectivity index (χ4v) is 3.98. The molecular weight excluding hydrogens is 445 g/mol. The van der Waals surface area contributed by atoms with Crippen LogP contribution in [-0.4, -0.2) is 29.1 Å². The molecular formula is C25H18FNO5S. The molecule has 6 nitrogen and oxygen atoms in total. The molecule has 1 fully saturated rings. The minimum atomic E-state index is -0.542. The van der Waals surface area contributed by atoms with Gasteiger partial charge in [0, 0.05) is 5.56 Å². The maximum Gasteiger partial charge on any atom is 0.343 e. The first-order valence-corrected chi connectivity index (χ1v) is 10.7. The number of nitrogens with zero attached hydrogens (tertiary/aromatic N) is 1. The molecule has 0 saturated carbocycles. The standard InChI is InChI=1S/C25H18FNO5S/c1-31-19-11-9-17(10-12-19)24(29)32-20-7-4-5-16(13-20)14-22-23(28)27(25(30)33-22)15-18-6-2-3-8-21(18)26/h2-14H,15H2,1H3/b22-14-. The van der Waals surface area contributed by atoms with Crippen LogP contribution >= 0.6 is 11.8 Å². The fourth-order valence-electron chi connectivity index (χ4n) is 3.15. The number of thioether (sulfide) groups is 1. The highest BCUT2D eigenvalue weighted by atomic mass is 32.2. The van der Waals surface area contributed by atoms with Crippen molar-refractivity contribution in [2.24, 2.45) is 0 Å². The highest BCUT2D eigenvalue weighted by Gasteiger charge is 2.35. The number of carbonyl (C=O) groups is 3. The number of hydrogen-bond donors (Lipinski definition) is 0. The van der Waals surface area contributed by atoms with Crippen LogP contribution in [0.3, 0.4) is 0 Å². The van der Waals surface area contributed by atoms with Crippen molar-refractivity contribution >= 4 is 35.0 Å². The third kappa shape index (κ3) is 5.12. The zero-order valence-electron chi connectivity index (χ0n) is 17.5.